The van der Waals surface area contributed by atoms with Gasteiger partial charge in [0.05, 0.1) is 28.4 Å². The van der Waals surface area contributed by atoms with Crippen LogP contribution >= 0.6 is 0 Å². The van der Waals surface area contributed by atoms with Crippen molar-refractivity contribution in [2.75, 3.05) is 28.4 Å². The molecule has 0 atom stereocenters. The maximum atomic E-state index is 11.1. The highest BCUT2D eigenvalue weighted by Crippen LogP contribution is 2.52. The maximum absolute atomic E-state index is 11.1. The molecule has 6 nitrogen and oxygen atoms in total. The monoisotopic (exact) mass is 458 g/mol. The van der Waals surface area contributed by atoms with Crippen LogP contribution in [0.5, 0.6) is 34.5 Å². The van der Waals surface area contributed by atoms with E-state index in [1.807, 2.05) is 48.5 Å². The van der Waals surface area contributed by atoms with Gasteiger partial charge < -0.3 is 29.2 Å². The van der Waals surface area contributed by atoms with Crippen LogP contribution in [0.3, 0.4) is 0 Å². The first kappa shape index (κ1) is 22.9. The average molecular weight is 459 g/mol. The van der Waals surface area contributed by atoms with Crippen LogP contribution in [0.2, 0.25) is 0 Å². The predicted octanol–water partition coefficient (Wildman–Crippen LogP) is 6.13. The first-order valence-electron chi connectivity index (χ1n) is 10.6. The molecule has 2 N–H and O–H groups in total. The smallest absolute Gasteiger partial charge is 0.127 e. The highest BCUT2D eigenvalue weighted by molar-refractivity contribution is 6.01. The Morgan fingerprint density at radius 3 is 1.06 bits per heavy atom. The Kier molecular flexibility index (Phi) is 6.50. The summed E-state index contributed by atoms with van der Waals surface area (Å²) in [7, 11) is 6.34. The molecule has 34 heavy (non-hydrogen) atoms. The van der Waals surface area contributed by atoms with E-state index in [1.54, 1.807) is 52.7 Å². The summed E-state index contributed by atoms with van der Waals surface area (Å²) in [4.78, 5) is 0. The molecule has 4 aromatic carbocycles. The second kappa shape index (κ2) is 9.67. The summed E-state index contributed by atoms with van der Waals surface area (Å²) in [6.07, 6.45) is 0. The van der Waals surface area contributed by atoms with E-state index in [0.29, 0.717) is 45.3 Å². The summed E-state index contributed by atoms with van der Waals surface area (Å²) in [5.74, 6) is 2.47. The SMILES string of the molecule is COc1ccc(-c2c(OC)ccc(O)c2-c2c(O)ccc(OC)c2-c2ccc(OC)cc2)cc1. The van der Waals surface area contributed by atoms with Gasteiger partial charge in [-0.3, -0.25) is 0 Å². The molecule has 4 rings (SSSR count). The molecule has 0 saturated carbocycles. The van der Waals surface area contributed by atoms with Gasteiger partial charge in [0.25, 0.3) is 0 Å². The summed E-state index contributed by atoms with van der Waals surface area (Å²) in [5, 5.41) is 22.2. The lowest BCUT2D eigenvalue weighted by Gasteiger charge is -2.21. The normalized spacial score (nSPS) is 10.6. The molecular weight excluding hydrogens is 432 g/mol. The predicted molar refractivity (Wildman–Crippen MR) is 132 cm³/mol. The van der Waals surface area contributed by atoms with Gasteiger partial charge in [-0.1, -0.05) is 24.3 Å². The lowest BCUT2D eigenvalue weighted by molar-refractivity contribution is 0.412. The van der Waals surface area contributed by atoms with E-state index in [0.717, 1.165) is 11.1 Å². The highest BCUT2D eigenvalue weighted by Gasteiger charge is 2.25. The van der Waals surface area contributed by atoms with Crippen molar-refractivity contribution < 1.29 is 29.2 Å². The van der Waals surface area contributed by atoms with Crippen LogP contribution in [0.4, 0.5) is 0 Å². The minimum atomic E-state index is -0.00932. The van der Waals surface area contributed by atoms with Gasteiger partial charge in [-0.2, -0.15) is 0 Å². The van der Waals surface area contributed by atoms with Crippen molar-refractivity contribution in [2.24, 2.45) is 0 Å². The van der Waals surface area contributed by atoms with E-state index < -0.39 is 0 Å². The van der Waals surface area contributed by atoms with Gasteiger partial charge in [0.15, 0.2) is 0 Å². The van der Waals surface area contributed by atoms with E-state index >= 15 is 0 Å². The van der Waals surface area contributed by atoms with Crippen LogP contribution in [0, 0.1) is 0 Å². The van der Waals surface area contributed by atoms with Gasteiger partial charge in [-0.05, 0) is 59.7 Å². The highest BCUT2D eigenvalue weighted by atomic mass is 16.5. The van der Waals surface area contributed by atoms with Crippen molar-refractivity contribution in [3.8, 4) is 67.9 Å². The van der Waals surface area contributed by atoms with Crippen molar-refractivity contribution >= 4 is 0 Å². The fourth-order valence-electron chi connectivity index (χ4n) is 4.08. The summed E-state index contributed by atoms with van der Waals surface area (Å²) in [6.45, 7) is 0. The topological polar surface area (TPSA) is 77.4 Å². The summed E-state index contributed by atoms with van der Waals surface area (Å²) in [5.41, 5.74) is 3.67. The molecule has 0 amide bonds. The van der Waals surface area contributed by atoms with Crippen LogP contribution in [0.1, 0.15) is 0 Å². The average Bonchev–Trinajstić information content (AvgIpc) is 2.88. The lowest BCUT2D eigenvalue weighted by atomic mass is 9.87. The van der Waals surface area contributed by atoms with Gasteiger partial charge >= 0.3 is 0 Å². The summed E-state index contributed by atoms with van der Waals surface area (Å²) >= 11 is 0. The molecule has 0 aromatic heterocycles. The van der Waals surface area contributed by atoms with Gasteiger partial charge in [0.1, 0.15) is 34.5 Å². The molecule has 0 spiro atoms. The molecule has 0 saturated heterocycles. The Morgan fingerprint density at radius 1 is 0.412 bits per heavy atom. The molecule has 0 aliphatic carbocycles. The molecule has 0 radical (unpaired) electrons. The zero-order valence-corrected chi connectivity index (χ0v) is 19.5. The fraction of sp³-hybridized carbons (Fsp3) is 0.143. The van der Waals surface area contributed by atoms with Gasteiger partial charge in [-0.15, -0.1) is 0 Å². The van der Waals surface area contributed by atoms with Crippen molar-refractivity contribution in [3.05, 3.63) is 72.8 Å². The van der Waals surface area contributed by atoms with Gasteiger partial charge in [0.2, 0.25) is 0 Å². The molecule has 0 bridgehead atoms. The maximum Gasteiger partial charge on any atom is 0.127 e. The van der Waals surface area contributed by atoms with E-state index in [4.69, 9.17) is 18.9 Å². The Bertz CT molecular complexity index is 1190. The van der Waals surface area contributed by atoms with Crippen LogP contribution in [0.25, 0.3) is 33.4 Å². The zero-order chi connectivity index (χ0) is 24.2. The van der Waals surface area contributed by atoms with Crippen LogP contribution in [-0.4, -0.2) is 38.7 Å². The number of aromatic hydroxyl groups is 2. The number of hydrogen-bond acceptors (Lipinski definition) is 6. The molecule has 0 unspecified atom stereocenters. The molecule has 6 heteroatoms. The second-order valence-corrected chi connectivity index (χ2v) is 7.53. The standard InChI is InChI=1S/C28H26O6/c1-31-19-9-5-17(6-10-19)25-23(33-3)15-13-21(29)27(25)28-22(30)14-16-24(34-4)26(28)18-7-11-20(32-2)12-8-18/h5-16,29-30H,1-4H3. The Hall–Kier alpha value is -4.32. The second-order valence-electron chi connectivity index (χ2n) is 7.53. The van der Waals surface area contributed by atoms with Crippen LogP contribution in [-0.2, 0) is 0 Å². The molecule has 174 valence electrons. The van der Waals surface area contributed by atoms with E-state index in [1.165, 1.54) is 0 Å². The zero-order valence-electron chi connectivity index (χ0n) is 19.5. The van der Waals surface area contributed by atoms with Crippen LogP contribution in [0.15, 0.2) is 72.8 Å². The van der Waals surface area contributed by atoms with Crippen molar-refractivity contribution in [1.29, 1.82) is 0 Å². The van der Waals surface area contributed by atoms with Crippen molar-refractivity contribution in [1.82, 2.24) is 0 Å². The molecule has 0 aliphatic heterocycles. The first-order valence-corrected chi connectivity index (χ1v) is 10.6. The Balaban J connectivity index is 2.08. The molecule has 0 heterocycles. The van der Waals surface area contributed by atoms with Gasteiger partial charge in [-0.25, -0.2) is 0 Å². The molecule has 0 fully saturated rings. The first-order chi connectivity index (χ1) is 16.5. The number of phenols is 2. The number of phenolic OH excluding ortho intramolecular Hbond substituents is 2. The van der Waals surface area contributed by atoms with E-state index in [9.17, 15) is 10.2 Å². The van der Waals surface area contributed by atoms with Crippen LogP contribution < -0.4 is 18.9 Å². The lowest BCUT2D eigenvalue weighted by Crippen LogP contribution is -1.97. The summed E-state index contributed by atoms with van der Waals surface area (Å²) in [6, 6.07) is 21.3. The summed E-state index contributed by atoms with van der Waals surface area (Å²) < 4.78 is 21.9. The van der Waals surface area contributed by atoms with Gasteiger partial charge in [0, 0.05) is 22.3 Å². The molecule has 4 aromatic rings. The molecule has 0 aliphatic rings. The quantitative estimate of drug-likeness (QED) is 0.347. The third-order valence-electron chi connectivity index (χ3n) is 5.74. The fourth-order valence-corrected chi connectivity index (χ4v) is 4.08. The van der Waals surface area contributed by atoms with Crippen molar-refractivity contribution in [2.45, 2.75) is 0 Å². The Morgan fingerprint density at radius 2 is 0.765 bits per heavy atom. The number of benzene rings is 4. The van der Waals surface area contributed by atoms with E-state index in [2.05, 4.69) is 0 Å². The van der Waals surface area contributed by atoms with Crippen molar-refractivity contribution in [3.63, 3.8) is 0 Å². The number of hydrogen-bond donors (Lipinski definition) is 2. The Labute approximate surface area is 198 Å². The molecular formula is C28H26O6. The third-order valence-corrected chi connectivity index (χ3v) is 5.74. The largest absolute Gasteiger partial charge is 0.507 e. The number of methoxy groups -OCH3 is 4. The third kappa shape index (κ3) is 4.06. The van der Waals surface area contributed by atoms with E-state index in [-0.39, 0.29) is 11.5 Å². The minimum absolute atomic E-state index is 0.00932. The number of ether oxygens (including phenoxy) is 4. The number of rotatable bonds is 7. The minimum Gasteiger partial charge on any atom is -0.507 e.